The van der Waals surface area contributed by atoms with Crippen LogP contribution in [0.5, 0.6) is 5.75 Å². The van der Waals surface area contributed by atoms with Crippen LogP contribution in [0.4, 0.5) is 0 Å². The first-order valence-corrected chi connectivity index (χ1v) is 10.6. The summed E-state index contributed by atoms with van der Waals surface area (Å²) in [4.78, 5) is 13.4. The van der Waals surface area contributed by atoms with E-state index in [2.05, 4.69) is 43.3 Å². The number of hydrogen-bond donors (Lipinski definition) is 0. The lowest BCUT2D eigenvalue weighted by Crippen LogP contribution is -2.42. The van der Waals surface area contributed by atoms with E-state index in [0.29, 0.717) is 23.5 Å². The van der Waals surface area contributed by atoms with Gasteiger partial charge in [0, 0.05) is 5.41 Å². The first kappa shape index (κ1) is 17.7. The van der Waals surface area contributed by atoms with Crippen molar-refractivity contribution in [3.8, 4) is 5.75 Å². The molecule has 2 aromatic rings. The number of ether oxygens (including phenoxy) is 1. The van der Waals surface area contributed by atoms with Gasteiger partial charge in [0.1, 0.15) is 5.75 Å². The highest BCUT2D eigenvalue weighted by Gasteiger charge is 2.56. The number of carbonyl (C=O) groups is 1. The number of benzene rings is 2. The predicted molar refractivity (Wildman–Crippen MR) is 112 cm³/mol. The maximum atomic E-state index is 13.4. The third-order valence-corrected chi connectivity index (χ3v) is 7.71. The fourth-order valence-corrected chi connectivity index (χ4v) is 6.24. The van der Waals surface area contributed by atoms with Crippen LogP contribution in [0.2, 0.25) is 0 Å². The Morgan fingerprint density at radius 2 is 1.93 bits per heavy atom. The van der Waals surface area contributed by atoms with Gasteiger partial charge >= 0.3 is 0 Å². The monoisotopic (exact) mass is 372 g/mol. The molecule has 0 N–H and O–H groups in total. The van der Waals surface area contributed by atoms with Crippen molar-refractivity contribution in [2.75, 3.05) is 7.11 Å². The van der Waals surface area contributed by atoms with Crippen molar-refractivity contribution in [3.05, 3.63) is 70.8 Å². The van der Waals surface area contributed by atoms with Gasteiger partial charge in [-0.25, -0.2) is 0 Å². The minimum atomic E-state index is -0.175. The maximum absolute atomic E-state index is 13.4. The molecule has 4 atom stereocenters. The minimum absolute atomic E-state index is 0.175. The average molecular weight is 373 g/mol. The molecule has 5 rings (SSSR count). The molecule has 28 heavy (non-hydrogen) atoms. The Kier molecular flexibility index (Phi) is 4.19. The highest BCUT2D eigenvalue weighted by Crippen LogP contribution is 2.60. The second kappa shape index (κ2) is 6.62. The second-order valence-electron chi connectivity index (χ2n) is 9.05. The molecule has 0 aliphatic heterocycles. The number of Topliss-reactive ketones (excluding diaryl/α,β-unsaturated/α-hetero) is 1. The average Bonchev–Trinajstić information content (AvgIpc) is 2.99. The largest absolute Gasteiger partial charge is 0.497 e. The molecule has 0 aromatic heterocycles. The van der Waals surface area contributed by atoms with Crippen LogP contribution in [0.15, 0.2) is 54.1 Å². The molecule has 2 fully saturated rings. The summed E-state index contributed by atoms with van der Waals surface area (Å²) in [6, 6.07) is 16.9. The molecule has 0 heterocycles. The highest BCUT2D eigenvalue weighted by atomic mass is 16.5. The number of aryl methyl sites for hydroxylation is 1. The van der Waals surface area contributed by atoms with Gasteiger partial charge in [-0.2, -0.15) is 0 Å². The van der Waals surface area contributed by atoms with Crippen molar-refractivity contribution in [1.82, 2.24) is 0 Å². The summed E-state index contributed by atoms with van der Waals surface area (Å²) < 4.78 is 5.43. The maximum Gasteiger partial charge on any atom is 0.165 e. The van der Waals surface area contributed by atoms with E-state index in [-0.39, 0.29) is 5.41 Å². The van der Waals surface area contributed by atoms with E-state index in [9.17, 15) is 4.79 Å². The normalized spacial score (nSPS) is 32.6. The molecule has 2 aromatic carbocycles. The number of allylic oxidation sites excluding steroid dienone is 1. The zero-order chi connectivity index (χ0) is 19.3. The molecular weight excluding hydrogens is 344 g/mol. The lowest BCUT2D eigenvalue weighted by molar-refractivity contribution is -0.127. The van der Waals surface area contributed by atoms with Crippen molar-refractivity contribution < 1.29 is 9.53 Å². The Labute approximate surface area is 167 Å². The quantitative estimate of drug-likeness (QED) is 0.622. The summed E-state index contributed by atoms with van der Waals surface area (Å²) in [6.07, 6.45) is 7.51. The van der Waals surface area contributed by atoms with Gasteiger partial charge in [0.2, 0.25) is 0 Å². The van der Waals surface area contributed by atoms with Crippen LogP contribution in [-0.4, -0.2) is 12.9 Å². The SMILES string of the molecule is COc1ccc2c(c1)CC[C@H]1[C@@H]2CC[C@@]2(C)C(=O)/C(=C/c3ccccc3)C[C@@H]12. The van der Waals surface area contributed by atoms with Crippen LogP contribution >= 0.6 is 0 Å². The van der Waals surface area contributed by atoms with E-state index < -0.39 is 0 Å². The van der Waals surface area contributed by atoms with Gasteiger partial charge in [0.15, 0.2) is 5.78 Å². The van der Waals surface area contributed by atoms with Crippen molar-refractivity contribution in [3.63, 3.8) is 0 Å². The molecule has 2 saturated carbocycles. The van der Waals surface area contributed by atoms with Gasteiger partial charge in [-0.1, -0.05) is 43.3 Å². The van der Waals surface area contributed by atoms with Crippen LogP contribution in [-0.2, 0) is 11.2 Å². The van der Waals surface area contributed by atoms with Gasteiger partial charge in [-0.05, 0) is 90.3 Å². The highest BCUT2D eigenvalue weighted by molar-refractivity contribution is 6.06. The van der Waals surface area contributed by atoms with Crippen molar-refractivity contribution >= 4 is 11.9 Å². The number of fused-ring (bicyclic) bond motifs is 5. The summed E-state index contributed by atoms with van der Waals surface area (Å²) in [5.41, 5.74) is 4.97. The van der Waals surface area contributed by atoms with E-state index in [1.54, 1.807) is 7.11 Å². The number of methoxy groups -OCH3 is 1. The van der Waals surface area contributed by atoms with Crippen molar-refractivity contribution in [1.29, 1.82) is 0 Å². The zero-order valence-electron chi connectivity index (χ0n) is 16.8. The van der Waals surface area contributed by atoms with E-state index in [0.717, 1.165) is 42.6 Å². The summed E-state index contributed by atoms with van der Waals surface area (Å²) in [6.45, 7) is 2.24. The van der Waals surface area contributed by atoms with E-state index >= 15 is 0 Å². The number of rotatable bonds is 2. The van der Waals surface area contributed by atoms with E-state index in [1.807, 2.05) is 18.2 Å². The molecule has 2 heteroatoms. The first-order valence-electron chi connectivity index (χ1n) is 10.6. The Balaban J connectivity index is 1.48. The Morgan fingerprint density at radius 1 is 1.11 bits per heavy atom. The zero-order valence-corrected chi connectivity index (χ0v) is 16.8. The van der Waals surface area contributed by atoms with E-state index in [1.165, 1.54) is 17.5 Å². The molecule has 3 aliphatic rings. The van der Waals surface area contributed by atoms with E-state index in [4.69, 9.17) is 4.74 Å². The van der Waals surface area contributed by atoms with Crippen LogP contribution in [0.3, 0.4) is 0 Å². The fraction of sp³-hybridized carbons (Fsp3) is 0.423. The number of ketones is 1. The van der Waals surface area contributed by atoms with Gasteiger partial charge in [0.05, 0.1) is 7.11 Å². The van der Waals surface area contributed by atoms with Crippen LogP contribution in [0, 0.1) is 17.3 Å². The fourth-order valence-electron chi connectivity index (χ4n) is 6.24. The van der Waals surface area contributed by atoms with Crippen molar-refractivity contribution in [2.24, 2.45) is 17.3 Å². The molecule has 0 amide bonds. The predicted octanol–water partition coefficient (Wildman–Crippen LogP) is 5.81. The third kappa shape index (κ3) is 2.65. The molecule has 0 radical (unpaired) electrons. The van der Waals surface area contributed by atoms with Crippen LogP contribution < -0.4 is 4.74 Å². The molecule has 144 valence electrons. The Morgan fingerprint density at radius 3 is 2.71 bits per heavy atom. The summed E-state index contributed by atoms with van der Waals surface area (Å²) in [5.74, 6) is 3.05. The summed E-state index contributed by atoms with van der Waals surface area (Å²) in [7, 11) is 1.74. The number of carbonyl (C=O) groups excluding carboxylic acids is 1. The van der Waals surface area contributed by atoms with Gasteiger partial charge < -0.3 is 4.74 Å². The molecular formula is C26H28O2. The molecule has 0 bridgehead atoms. The molecule has 0 unspecified atom stereocenters. The standard InChI is InChI=1S/C26H28O2/c1-26-13-12-22-21-11-9-20(28-2)15-18(21)8-10-23(22)24(26)16-19(25(26)27)14-17-6-4-3-5-7-17/h3-7,9,11,14-15,22-24H,8,10,12-13,16H2,1-2H3/b19-14+/t22-,23+,24+,26-/m1/s1. The topological polar surface area (TPSA) is 26.3 Å². The molecule has 0 spiro atoms. The van der Waals surface area contributed by atoms with Gasteiger partial charge in [-0.3, -0.25) is 4.79 Å². The third-order valence-electron chi connectivity index (χ3n) is 7.71. The Bertz CT molecular complexity index is 942. The molecule has 2 nitrogen and oxygen atoms in total. The number of hydrogen-bond acceptors (Lipinski definition) is 2. The molecule has 3 aliphatic carbocycles. The van der Waals surface area contributed by atoms with Crippen LogP contribution in [0.25, 0.3) is 6.08 Å². The second-order valence-corrected chi connectivity index (χ2v) is 9.05. The smallest absolute Gasteiger partial charge is 0.165 e. The Hall–Kier alpha value is -2.35. The van der Waals surface area contributed by atoms with Gasteiger partial charge in [-0.15, -0.1) is 0 Å². The lowest BCUT2D eigenvalue weighted by Gasteiger charge is -2.48. The summed E-state index contributed by atoms with van der Waals surface area (Å²) >= 11 is 0. The van der Waals surface area contributed by atoms with Crippen LogP contribution in [0.1, 0.15) is 55.2 Å². The lowest BCUT2D eigenvalue weighted by atomic mass is 9.55. The van der Waals surface area contributed by atoms with Crippen molar-refractivity contribution in [2.45, 2.75) is 44.9 Å². The first-order chi connectivity index (χ1) is 13.6. The summed E-state index contributed by atoms with van der Waals surface area (Å²) in [5, 5.41) is 0. The van der Waals surface area contributed by atoms with Gasteiger partial charge in [0.25, 0.3) is 0 Å². The molecule has 0 saturated heterocycles. The minimum Gasteiger partial charge on any atom is -0.497 e.